The van der Waals surface area contributed by atoms with Crippen LogP contribution >= 0.6 is 0 Å². The lowest BCUT2D eigenvalue weighted by Crippen LogP contribution is -2.23. The van der Waals surface area contributed by atoms with Gasteiger partial charge in [0.25, 0.3) is 0 Å². The zero-order valence-corrected chi connectivity index (χ0v) is 10.3. The van der Waals surface area contributed by atoms with Crippen LogP contribution < -0.4 is 10.6 Å². The molecule has 104 valence electrons. The van der Waals surface area contributed by atoms with Gasteiger partial charge in [0.05, 0.1) is 5.56 Å². The fourth-order valence-electron chi connectivity index (χ4n) is 1.67. The Morgan fingerprint density at radius 1 is 1.32 bits per heavy atom. The van der Waals surface area contributed by atoms with Crippen LogP contribution in [0.2, 0.25) is 0 Å². The summed E-state index contributed by atoms with van der Waals surface area (Å²) in [6, 6.07) is 5.15. The van der Waals surface area contributed by atoms with Crippen molar-refractivity contribution in [2.45, 2.75) is 31.5 Å². The molecule has 0 saturated heterocycles. The fraction of sp³-hybridized carbons (Fsp3) is 0.462. The van der Waals surface area contributed by atoms with Crippen LogP contribution in [0.1, 0.15) is 24.8 Å². The van der Waals surface area contributed by atoms with Crippen LogP contribution in [0.4, 0.5) is 18.9 Å². The van der Waals surface area contributed by atoms with Crippen LogP contribution in [-0.2, 0) is 11.0 Å². The molecule has 0 atom stereocenters. The van der Waals surface area contributed by atoms with Crippen molar-refractivity contribution in [2.75, 3.05) is 11.9 Å². The van der Waals surface area contributed by atoms with Crippen molar-refractivity contribution in [1.29, 1.82) is 0 Å². The molecule has 2 rings (SSSR count). The van der Waals surface area contributed by atoms with Gasteiger partial charge in [-0.3, -0.25) is 4.79 Å². The van der Waals surface area contributed by atoms with Gasteiger partial charge in [-0.25, -0.2) is 0 Å². The molecule has 0 heterocycles. The Labute approximate surface area is 109 Å². The number of anilines is 1. The van der Waals surface area contributed by atoms with Crippen molar-refractivity contribution in [3.63, 3.8) is 0 Å². The zero-order chi connectivity index (χ0) is 13.9. The van der Waals surface area contributed by atoms with Crippen LogP contribution in [0.25, 0.3) is 0 Å². The van der Waals surface area contributed by atoms with Gasteiger partial charge in [-0.1, -0.05) is 6.07 Å². The van der Waals surface area contributed by atoms with E-state index >= 15 is 0 Å². The molecule has 0 spiro atoms. The standard InChI is InChI=1S/C13H15F3N2O/c14-13(15,16)9-2-1-3-11(8-9)18-12(19)6-7-17-10-4-5-10/h1-3,8,10,17H,4-7H2,(H,18,19). The average molecular weight is 272 g/mol. The highest BCUT2D eigenvalue weighted by Crippen LogP contribution is 2.30. The van der Waals surface area contributed by atoms with E-state index in [1.165, 1.54) is 12.1 Å². The van der Waals surface area contributed by atoms with Gasteiger partial charge in [0, 0.05) is 24.7 Å². The first kappa shape index (κ1) is 13.9. The molecule has 1 aromatic rings. The third-order valence-corrected chi connectivity index (χ3v) is 2.84. The molecule has 1 aliphatic carbocycles. The van der Waals surface area contributed by atoms with Crippen molar-refractivity contribution >= 4 is 11.6 Å². The van der Waals surface area contributed by atoms with E-state index in [0.29, 0.717) is 12.6 Å². The van der Waals surface area contributed by atoms with Gasteiger partial charge in [-0.05, 0) is 31.0 Å². The highest BCUT2D eigenvalue weighted by molar-refractivity contribution is 5.90. The molecule has 1 saturated carbocycles. The highest BCUT2D eigenvalue weighted by atomic mass is 19.4. The van der Waals surface area contributed by atoms with Gasteiger partial charge < -0.3 is 10.6 Å². The summed E-state index contributed by atoms with van der Waals surface area (Å²) >= 11 is 0. The van der Waals surface area contributed by atoms with Crippen LogP contribution in [-0.4, -0.2) is 18.5 Å². The maximum atomic E-state index is 12.5. The maximum Gasteiger partial charge on any atom is 0.416 e. The van der Waals surface area contributed by atoms with Gasteiger partial charge >= 0.3 is 6.18 Å². The number of carbonyl (C=O) groups is 1. The van der Waals surface area contributed by atoms with Gasteiger partial charge in [0.15, 0.2) is 0 Å². The second-order valence-electron chi connectivity index (χ2n) is 4.61. The normalized spacial score (nSPS) is 15.3. The predicted octanol–water partition coefficient (Wildman–Crippen LogP) is 2.79. The van der Waals surface area contributed by atoms with E-state index in [9.17, 15) is 18.0 Å². The second kappa shape index (κ2) is 5.61. The Morgan fingerprint density at radius 2 is 2.05 bits per heavy atom. The monoisotopic (exact) mass is 272 g/mol. The topological polar surface area (TPSA) is 41.1 Å². The molecule has 19 heavy (non-hydrogen) atoms. The SMILES string of the molecule is O=C(CCNC1CC1)Nc1cccc(C(F)(F)F)c1. The molecule has 0 aromatic heterocycles. The molecular formula is C13H15F3N2O. The van der Waals surface area contributed by atoms with E-state index in [1.807, 2.05) is 0 Å². The van der Waals surface area contributed by atoms with Gasteiger partial charge in [0.1, 0.15) is 0 Å². The molecule has 1 amide bonds. The van der Waals surface area contributed by atoms with Crippen molar-refractivity contribution in [3.8, 4) is 0 Å². The fourth-order valence-corrected chi connectivity index (χ4v) is 1.67. The lowest BCUT2D eigenvalue weighted by Gasteiger charge is -2.10. The van der Waals surface area contributed by atoms with Gasteiger partial charge in [0.2, 0.25) is 5.91 Å². The number of benzene rings is 1. The molecule has 6 heteroatoms. The number of alkyl halides is 3. The third-order valence-electron chi connectivity index (χ3n) is 2.84. The zero-order valence-electron chi connectivity index (χ0n) is 10.3. The summed E-state index contributed by atoms with van der Waals surface area (Å²) in [6.07, 6.45) is -1.87. The molecule has 0 bridgehead atoms. The van der Waals surface area contributed by atoms with E-state index in [-0.39, 0.29) is 18.0 Å². The first-order valence-corrected chi connectivity index (χ1v) is 6.15. The molecule has 0 aliphatic heterocycles. The van der Waals surface area contributed by atoms with E-state index < -0.39 is 11.7 Å². The lowest BCUT2D eigenvalue weighted by molar-refractivity contribution is -0.137. The average Bonchev–Trinajstić information content (AvgIpc) is 3.12. The van der Waals surface area contributed by atoms with Crippen molar-refractivity contribution < 1.29 is 18.0 Å². The summed E-state index contributed by atoms with van der Waals surface area (Å²) in [5.74, 6) is -0.285. The number of hydrogen-bond acceptors (Lipinski definition) is 2. The molecule has 0 unspecified atom stereocenters. The number of rotatable bonds is 5. The Morgan fingerprint density at radius 3 is 2.68 bits per heavy atom. The first-order chi connectivity index (χ1) is 8.95. The number of halogens is 3. The summed E-state index contributed by atoms with van der Waals surface area (Å²) < 4.78 is 37.4. The lowest BCUT2D eigenvalue weighted by atomic mass is 10.2. The number of amides is 1. The summed E-state index contributed by atoms with van der Waals surface area (Å²) in [6.45, 7) is 0.551. The molecule has 1 aromatic carbocycles. The Bertz CT molecular complexity index is 455. The summed E-state index contributed by atoms with van der Waals surface area (Å²) in [5, 5.41) is 5.64. The van der Waals surface area contributed by atoms with Gasteiger partial charge in [-0.2, -0.15) is 13.2 Å². The quantitative estimate of drug-likeness (QED) is 0.865. The highest BCUT2D eigenvalue weighted by Gasteiger charge is 2.30. The smallest absolute Gasteiger partial charge is 0.326 e. The molecule has 2 N–H and O–H groups in total. The van der Waals surface area contributed by atoms with E-state index in [0.717, 1.165) is 25.0 Å². The third kappa shape index (κ3) is 4.55. The first-order valence-electron chi connectivity index (χ1n) is 6.15. The van der Waals surface area contributed by atoms with E-state index in [2.05, 4.69) is 10.6 Å². The van der Waals surface area contributed by atoms with Crippen LogP contribution in [0.5, 0.6) is 0 Å². The van der Waals surface area contributed by atoms with Crippen LogP contribution in [0.3, 0.4) is 0 Å². The Balaban J connectivity index is 1.85. The largest absolute Gasteiger partial charge is 0.416 e. The van der Waals surface area contributed by atoms with Crippen molar-refractivity contribution in [2.24, 2.45) is 0 Å². The van der Waals surface area contributed by atoms with Gasteiger partial charge in [-0.15, -0.1) is 0 Å². The molecular weight excluding hydrogens is 257 g/mol. The summed E-state index contributed by atoms with van der Waals surface area (Å²) in [7, 11) is 0. The minimum absolute atomic E-state index is 0.172. The Kier molecular flexibility index (Phi) is 4.09. The molecule has 0 radical (unpaired) electrons. The summed E-state index contributed by atoms with van der Waals surface area (Å²) in [4.78, 5) is 11.5. The van der Waals surface area contributed by atoms with E-state index in [4.69, 9.17) is 0 Å². The number of nitrogens with one attached hydrogen (secondary N) is 2. The predicted molar refractivity (Wildman–Crippen MR) is 65.7 cm³/mol. The summed E-state index contributed by atoms with van der Waals surface area (Å²) in [5.41, 5.74) is -0.590. The maximum absolute atomic E-state index is 12.5. The number of hydrogen-bond donors (Lipinski definition) is 2. The van der Waals surface area contributed by atoms with Crippen molar-refractivity contribution in [3.05, 3.63) is 29.8 Å². The van der Waals surface area contributed by atoms with Crippen LogP contribution in [0, 0.1) is 0 Å². The molecule has 3 nitrogen and oxygen atoms in total. The molecule has 1 fully saturated rings. The number of carbonyl (C=O) groups excluding carboxylic acids is 1. The van der Waals surface area contributed by atoms with Crippen molar-refractivity contribution in [1.82, 2.24) is 5.32 Å². The van der Waals surface area contributed by atoms with E-state index in [1.54, 1.807) is 0 Å². The minimum atomic E-state index is -4.39. The minimum Gasteiger partial charge on any atom is -0.326 e. The Hall–Kier alpha value is -1.56. The molecule has 1 aliphatic rings. The van der Waals surface area contributed by atoms with Crippen LogP contribution in [0.15, 0.2) is 24.3 Å². The second-order valence-corrected chi connectivity index (χ2v) is 4.61.